The molecule has 0 bridgehead atoms. The monoisotopic (exact) mass is 554 g/mol. The number of carbonyl (C=O) groups is 1. The van der Waals surface area contributed by atoms with Crippen LogP contribution >= 0.6 is 24.0 Å². The number of nitrogens with zero attached hydrogens (tertiary/aromatic N) is 1. The number of carbonyl (C=O) groups excluding carboxylic acids is 1. The summed E-state index contributed by atoms with van der Waals surface area (Å²) in [7, 11) is 1.66. The highest BCUT2D eigenvalue weighted by Gasteiger charge is 2.06. The van der Waals surface area contributed by atoms with Crippen molar-refractivity contribution < 1.29 is 14.3 Å². The summed E-state index contributed by atoms with van der Waals surface area (Å²) >= 11 is 0. The van der Waals surface area contributed by atoms with Gasteiger partial charge in [0.2, 0.25) is 0 Å². The smallest absolute Gasteiger partial charge is 0.251 e. The van der Waals surface area contributed by atoms with Crippen LogP contribution in [-0.4, -0.2) is 51.8 Å². The van der Waals surface area contributed by atoms with Gasteiger partial charge in [-0.2, -0.15) is 0 Å². The van der Waals surface area contributed by atoms with Crippen molar-refractivity contribution in [3.05, 3.63) is 65.2 Å². The van der Waals surface area contributed by atoms with Gasteiger partial charge in [-0.15, -0.1) is 24.0 Å². The van der Waals surface area contributed by atoms with Crippen molar-refractivity contribution in [2.45, 2.75) is 26.8 Å². The molecule has 2 rings (SSSR count). The predicted molar refractivity (Wildman–Crippen MR) is 140 cm³/mol. The first kappa shape index (κ1) is 27.7. The second kappa shape index (κ2) is 16.3. The molecule has 0 aromatic heterocycles. The summed E-state index contributed by atoms with van der Waals surface area (Å²) in [5.74, 6) is 1.52. The number of hydrogen-bond acceptors (Lipinski definition) is 4. The third-order valence-electron chi connectivity index (χ3n) is 4.49. The van der Waals surface area contributed by atoms with E-state index in [9.17, 15) is 4.79 Å². The van der Waals surface area contributed by atoms with E-state index in [0.29, 0.717) is 38.4 Å². The molecule has 8 heteroatoms. The van der Waals surface area contributed by atoms with Crippen LogP contribution in [-0.2, 0) is 11.3 Å². The van der Waals surface area contributed by atoms with Crippen LogP contribution in [0, 0.1) is 6.92 Å². The van der Waals surface area contributed by atoms with Crippen LogP contribution < -0.4 is 20.7 Å². The average Bonchev–Trinajstić information content (AvgIpc) is 2.78. The predicted octanol–water partition coefficient (Wildman–Crippen LogP) is 3.51. The van der Waals surface area contributed by atoms with Gasteiger partial charge in [-0.1, -0.05) is 30.3 Å². The molecule has 0 aliphatic heterocycles. The van der Waals surface area contributed by atoms with Crippen LogP contribution in [0.25, 0.3) is 0 Å². The fraction of sp³-hybridized carbons (Fsp3) is 0.417. The van der Waals surface area contributed by atoms with E-state index in [1.807, 2.05) is 56.3 Å². The lowest BCUT2D eigenvalue weighted by Crippen LogP contribution is -2.38. The number of nitrogens with one attached hydrogen (secondary N) is 3. The fourth-order valence-corrected chi connectivity index (χ4v) is 2.86. The molecule has 0 atom stereocenters. The van der Waals surface area contributed by atoms with Crippen LogP contribution in [0.5, 0.6) is 5.75 Å². The van der Waals surface area contributed by atoms with Gasteiger partial charge in [-0.3, -0.25) is 4.79 Å². The Bertz CT molecular complexity index is 831. The van der Waals surface area contributed by atoms with Crippen LogP contribution in [0.15, 0.2) is 53.5 Å². The number of ether oxygens (including phenoxy) is 2. The second-order valence-corrected chi connectivity index (χ2v) is 7.05. The summed E-state index contributed by atoms with van der Waals surface area (Å²) in [4.78, 5) is 16.7. The number of rotatable bonds is 12. The Balaban J connectivity index is 0.00000512. The molecule has 3 N–H and O–H groups in total. The van der Waals surface area contributed by atoms with E-state index in [1.165, 1.54) is 0 Å². The third kappa shape index (κ3) is 10.3. The van der Waals surface area contributed by atoms with E-state index >= 15 is 0 Å². The van der Waals surface area contributed by atoms with Crippen LogP contribution in [0.2, 0.25) is 0 Å². The van der Waals surface area contributed by atoms with Gasteiger partial charge in [0.25, 0.3) is 5.91 Å². The van der Waals surface area contributed by atoms with Crippen molar-refractivity contribution in [2.24, 2.45) is 4.99 Å². The maximum Gasteiger partial charge on any atom is 0.251 e. The van der Waals surface area contributed by atoms with Gasteiger partial charge in [0.05, 0.1) is 13.2 Å². The lowest BCUT2D eigenvalue weighted by atomic mass is 10.1. The number of aryl methyl sites for hydroxylation is 1. The molecule has 7 nitrogen and oxygen atoms in total. The van der Waals surface area contributed by atoms with Gasteiger partial charge < -0.3 is 25.4 Å². The van der Waals surface area contributed by atoms with Crippen LogP contribution in [0.4, 0.5) is 0 Å². The van der Waals surface area contributed by atoms with Gasteiger partial charge in [0.1, 0.15) is 12.4 Å². The summed E-state index contributed by atoms with van der Waals surface area (Å²) in [6.45, 7) is 7.68. The van der Waals surface area contributed by atoms with Gasteiger partial charge in [0.15, 0.2) is 5.96 Å². The van der Waals surface area contributed by atoms with Crippen molar-refractivity contribution in [3.63, 3.8) is 0 Å². The van der Waals surface area contributed by atoms with E-state index in [-0.39, 0.29) is 29.9 Å². The van der Waals surface area contributed by atoms with Crippen molar-refractivity contribution in [2.75, 3.05) is 40.0 Å². The molecule has 0 fully saturated rings. The zero-order valence-electron chi connectivity index (χ0n) is 19.1. The maximum atomic E-state index is 12.1. The third-order valence-corrected chi connectivity index (χ3v) is 4.49. The standard InChI is InChI=1S/C24H34N4O3.HI/c1-4-25-24(27-14-8-13-26-23(29)20-9-6-5-7-10-20)28-18-21-12-11-19(2)17-22(21)31-16-15-30-3;/h5-7,9-12,17H,4,8,13-16,18H2,1-3H3,(H,26,29)(H2,25,27,28);1H. The lowest BCUT2D eigenvalue weighted by Gasteiger charge is -2.14. The van der Waals surface area contributed by atoms with Gasteiger partial charge in [-0.05, 0) is 44.0 Å². The molecule has 0 aliphatic carbocycles. The van der Waals surface area contributed by atoms with Gasteiger partial charge in [-0.25, -0.2) is 4.99 Å². The first-order chi connectivity index (χ1) is 15.1. The molecule has 0 unspecified atom stereocenters. The SMILES string of the molecule is CCNC(=NCc1ccc(C)cc1OCCOC)NCCCNC(=O)c1ccccc1.I. The molecule has 0 spiro atoms. The van der Waals surface area contributed by atoms with E-state index in [4.69, 9.17) is 9.47 Å². The number of amides is 1. The summed E-state index contributed by atoms with van der Waals surface area (Å²) in [6.07, 6.45) is 0.791. The minimum Gasteiger partial charge on any atom is -0.491 e. The summed E-state index contributed by atoms with van der Waals surface area (Å²) in [5, 5.41) is 9.50. The zero-order chi connectivity index (χ0) is 22.3. The zero-order valence-corrected chi connectivity index (χ0v) is 21.5. The van der Waals surface area contributed by atoms with Crippen molar-refractivity contribution in [1.29, 1.82) is 0 Å². The minimum absolute atomic E-state index is 0. The Morgan fingerprint density at radius 1 is 1.00 bits per heavy atom. The molecule has 0 radical (unpaired) electrons. The molecule has 0 saturated carbocycles. The van der Waals surface area contributed by atoms with Crippen molar-refractivity contribution in [3.8, 4) is 5.75 Å². The highest BCUT2D eigenvalue weighted by Crippen LogP contribution is 2.21. The minimum atomic E-state index is -0.0541. The normalized spacial score (nSPS) is 10.8. The summed E-state index contributed by atoms with van der Waals surface area (Å²) < 4.78 is 10.9. The molecular weight excluding hydrogens is 519 g/mol. The molecule has 2 aromatic carbocycles. The number of hydrogen-bond donors (Lipinski definition) is 3. The topological polar surface area (TPSA) is 84.0 Å². The van der Waals surface area contributed by atoms with Crippen molar-refractivity contribution >= 4 is 35.8 Å². The van der Waals surface area contributed by atoms with Gasteiger partial charge in [0, 0.05) is 37.9 Å². The van der Waals surface area contributed by atoms with Crippen molar-refractivity contribution in [1.82, 2.24) is 16.0 Å². The average molecular weight is 554 g/mol. The number of methoxy groups -OCH3 is 1. The number of benzene rings is 2. The largest absolute Gasteiger partial charge is 0.491 e. The Morgan fingerprint density at radius 3 is 2.47 bits per heavy atom. The Labute approximate surface area is 208 Å². The molecule has 0 aliphatic rings. The molecule has 176 valence electrons. The molecule has 0 saturated heterocycles. The highest BCUT2D eigenvalue weighted by atomic mass is 127. The first-order valence-corrected chi connectivity index (χ1v) is 10.7. The quantitative estimate of drug-likeness (QED) is 0.162. The second-order valence-electron chi connectivity index (χ2n) is 7.05. The lowest BCUT2D eigenvalue weighted by molar-refractivity contribution is 0.0953. The van der Waals surface area contributed by atoms with E-state index in [1.54, 1.807) is 7.11 Å². The molecule has 1 amide bonds. The van der Waals surface area contributed by atoms with E-state index in [2.05, 4.69) is 27.0 Å². The van der Waals surface area contributed by atoms with E-state index < -0.39 is 0 Å². The van der Waals surface area contributed by atoms with Crippen LogP contribution in [0.3, 0.4) is 0 Å². The number of aliphatic imine (C=N–C) groups is 1. The number of guanidine groups is 1. The van der Waals surface area contributed by atoms with Crippen LogP contribution in [0.1, 0.15) is 34.8 Å². The fourth-order valence-electron chi connectivity index (χ4n) is 2.86. The summed E-state index contributed by atoms with van der Waals surface area (Å²) in [6, 6.07) is 15.4. The Hall–Kier alpha value is -2.33. The molecular formula is C24H35IN4O3. The molecule has 32 heavy (non-hydrogen) atoms. The number of halogens is 1. The van der Waals surface area contributed by atoms with E-state index in [0.717, 1.165) is 35.8 Å². The highest BCUT2D eigenvalue weighted by molar-refractivity contribution is 14.0. The Morgan fingerprint density at radius 2 is 1.75 bits per heavy atom. The molecule has 0 heterocycles. The summed E-state index contributed by atoms with van der Waals surface area (Å²) in [5.41, 5.74) is 2.84. The first-order valence-electron chi connectivity index (χ1n) is 10.7. The molecule has 2 aromatic rings. The maximum absolute atomic E-state index is 12.1. The van der Waals surface area contributed by atoms with Gasteiger partial charge >= 0.3 is 0 Å². The Kier molecular flexibility index (Phi) is 14.1.